The molecule has 64 valence electrons. The minimum atomic E-state index is 0. The Morgan fingerprint density at radius 1 is 1.21 bits per heavy atom. The van der Waals surface area contributed by atoms with Gasteiger partial charge < -0.3 is 12.4 Å². The van der Waals surface area contributed by atoms with Crippen LogP contribution < -0.4 is 31.3 Å². The molecule has 0 N–H and O–H groups in total. The molecule has 1 heterocycles. The molecule has 0 aliphatic rings. The zero-order chi connectivity index (χ0) is 8.81. The van der Waals surface area contributed by atoms with Gasteiger partial charge in [-0.3, -0.25) is 4.98 Å². The first-order chi connectivity index (χ1) is 5.97. The molecule has 0 atom stereocenters. The van der Waals surface area contributed by atoms with Gasteiger partial charge in [-0.25, -0.2) is 0 Å². The Morgan fingerprint density at radius 3 is 2.57 bits per heavy atom. The van der Waals surface area contributed by atoms with Crippen LogP contribution in [0.4, 0.5) is 0 Å². The Bertz CT molecular complexity index is 296. The molecule has 5 heteroatoms. The summed E-state index contributed by atoms with van der Waals surface area (Å²) in [6, 6.07) is 10.8. The Labute approximate surface area is 123 Å². The van der Waals surface area contributed by atoms with Crippen molar-refractivity contribution in [2.24, 2.45) is 0 Å². The topological polar surface area (TPSA) is 12.9 Å². The third kappa shape index (κ3) is 5.09. The summed E-state index contributed by atoms with van der Waals surface area (Å²) in [5.41, 5.74) is 0. The van der Waals surface area contributed by atoms with Gasteiger partial charge in [0.1, 0.15) is 0 Å². The summed E-state index contributed by atoms with van der Waals surface area (Å²) >= 11 is 3.62. The van der Waals surface area contributed by atoms with E-state index >= 15 is 0 Å². The fraction of sp³-hybridized carbons (Fsp3) is 0. The molecule has 2 rings (SSSR count). The maximum atomic E-state index is 3.99. The van der Waals surface area contributed by atoms with Gasteiger partial charge in [-0.1, -0.05) is 6.07 Å². The van der Waals surface area contributed by atoms with Crippen molar-refractivity contribution in [1.29, 1.82) is 0 Å². The van der Waals surface area contributed by atoms with E-state index in [0.717, 1.165) is 5.39 Å². The van der Waals surface area contributed by atoms with E-state index < -0.39 is 0 Å². The Hall–Kier alpha value is 0.871. The molecular weight excluding hydrogens is 357 g/mol. The van der Waals surface area contributed by atoms with Crippen LogP contribution in [0.1, 0.15) is 0 Å². The molecule has 1 aromatic heterocycles. The van der Waals surface area contributed by atoms with Crippen LogP contribution >= 0.6 is 19.8 Å². The average Bonchev–Trinajstić information content (AvgIpc) is 2.21. The van der Waals surface area contributed by atoms with Gasteiger partial charge in [-0.2, -0.15) is 24.3 Å². The number of hydrogen-bond acceptors (Lipinski definition) is 1. The number of pyridine rings is 1. The molecule has 0 fully saturated rings. The zero-order valence-corrected chi connectivity index (χ0v) is 13.8. The zero-order valence-electron chi connectivity index (χ0n) is 7.87. The third-order valence-electron chi connectivity index (χ3n) is 1.49. The minimum Gasteiger partial charge on any atom is -0.277 e. The molecule has 0 saturated heterocycles. The van der Waals surface area contributed by atoms with Crippen LogP contribution in [0.3, 0.4) is 0 Å². The van der Waals surface area contributed by atoms with E-state index in [2.05, 4.69) is 30.8 Å². The predicted molar refractivity (Wildman–Crippen MR) is 54.6 cm³/mol. The summed E-state index contributed by atoms with van der Waals surface area (Å²) in [5.74, 6) is 0. The number of aromatic nitrogens is 1. The molecule has 0 unspecified atom stereocenters. The van der Waals surface area contributed by atoms with Crippen LogP contribution in [0.15, 0.2) is 36.7 Å². The van der Waals surface area contributed by atoms with E-state index in [4.69, 9.17) is 0 Å². The van der Waals surface area contributed by atoms with Crippen molar-refractivity contribution in [3.05, 3.63) is 42.7 Å². The Kier molecular flexibility index (Phi) is 12.8. The molecule has 2 aromatic rings. The van der Waals surface area contributed by atoms with Crippen molar-refractivity contribution >= 4 is 30.5 Å². The molecule has 0 aliphatic heterocycles. The second-order valence-electron chi connectivity index (χ2n) is 2.15. The fourth-order valence-electron chi connectivity index (χ4n) is 0.966. The number of rotatable bonds is 0. The fourth-order valence-corrected chi connectivity index (χ4v) is 0.966. The summed E-state index contributed by atoms with van der Waals surface area (Å²) in [5, 5.41) is 2.36. The largest absolute Gasteiger partial charge is 0.277 e. The van der Waals surface area contributed by atoms with Crippen LogP contribution in [0.5, 0.6) is 0 Å². The maximum Gasteiger partial charge on any atom is 0.0240 e. The Balaban J connectivity index is 0. The second kappa shape index (κ2) is 10.4. The first kappa shape index (κ1) is 17.3. The van der Waals surface area contributed by atoms with Gasteiger partial charge in [-0.15, -0.1) is 10.8 Å². The maximum absolute atomic E-state index is 3.99. The molecule has 0 saturated carbocycles. The number of nitrogens with zero attached hydrogens (tertiary/aromatic N) is 1. The SMILES string of the molecule is [Cl-].[Li+].[Zn+][I].[c-]1ccc2ccncc2c1. The van der Waals surface area contributed by atoms with Gasteiger partial charge >= 0.3 is 53.4 Å². The summed E-state index contributed by atoms with van der Waals surface area (Å²) in [6.07, 6.45) is 3.63. The van der Waals surface area contributed by atoms with Crippen molar-refractivity contribution in [1.82, 2.24) is 4.98 Å². The van der Waals surface area contributed by atoms with Gasteiger partial charge in [0, 0.05) is 6.20 Å². The van der Waals surface area contributed by atoms with Crippen LogP contribution in [-0.4, -0.2) is 4.98 Å². The van der Waals surface area contributed by atoms with E-state index in [1.807, 2.05) is 30.5 Å². The average molecular weight is 363 g/mol. The monoisotopic (exact) mass is 361 g/mol. The van der Waals surface area contributed by atoms with E-state index in [1.54, 1.807) is 6.20 Å². The summed E-state index contributed by atoms with van der Waals surface area (Å²) in [7, 11) is 0. The molecule has 1 nitrogen and oxygen atoms in total. The van der Waals surface area contributed by atoms with E-state index in [0.29, 0.717) is 0 Å². The smallest absolute Gasteiger partial charge is 0.0240 e. The van der Waals surface area contributed by atoms with Crippen LogP contribution in [0.2, 0.25) is 0 Å². The van der Waals surface area contributed by atoms with Crippen LogP contribution in [0.25, 0.3) is 10.8 Å². The van der Waals surface area contributed by atoms with Crippen molar-refractivity contribution in [3.8, 4) is 0 Å². The van der Waals surface area contributed by atoms with Crippen molar-refractivity contribution in [2.45, 2.75) is 0 Å². The van der Waals surface area contributed by atoms with Crippen molar-refractivity contribution in [2.75, 3.05) is 0 Å². The molecular formula is C9H6ClILiNZn. The van der Waals surface area contributed by atoms with Crippen molar-refractivity contribution < 1.29 is 46.1 Å². The van der Waals surface area contributed by atoms with Gasteiger partial charge in [0.05, 0.1) is 0 Å². The van der Waals surface area contributed by atoms with Gasteiger partial charge in [0.15, 0.2) is 0 Å². The third-order valence-corrected chi connectivity index (χ3v) is 1.49. The molecule has 0 amide bonds. The predicted octanol–water partition coefficient (Wildman–Crippen LogP) is -3.07. The van der Waals surface area contributed by atoms with E-state index in [9.17, 15) is 0 Å². The van der Waals surface area contributed by atoms with Gasteiger partial charge in [0.2, 0.25) is 0 Å². The summed E-state index contributed by atoms with van der Waals surface area (Å²) < 4.78 is 0. The minimum absolute atomic E-state index is 0. The number of fused-ring (bicyclic) bond motifs is 1. The van der Waals surface area contributed by atoms with Crippen LogP contribution in [0, 0.1) is 6.07 Å². The summed E-state index contributed by atoms with van der Waals surface area (Å²) in [6.45, 7) is 0. The Morgan fingerprint density at radius 2 is 1.93 bits per heavy atom. The number of benzene rings is 1. The normalized spacial score (nSPS) is 7.64. The second-order valence-corrected chi connectivity index (χ2v) is 2.15. The molecule has 14 heavy (non-hydrogen) atoms. The van der Waals surface area contributed by atoms with Gasteiger partial charge in [0.25, 0.3) is 0 Å². The van der Waals surface area contributed by atoms with E-state index in [1.165, 1.54) is 20.2 Å². The first-order valence-corrected chi connectivity index (χ1v) is 12.5. The van der Waals surface area contributed by atoms with Crippen LogP contribution in [-0.2, 0) is 14.8 Å². The molecule has 0 radical (unpaired) electrons. The standard InChI is InChI=1S/C9H6N.ClH.HI.Li.Zn/c1-2-4-9-7-10-6-5-8(9)3-1;;;;/h1,3-7H;2*1H;;/q-1;;;+1;+2/p-2. The van der Waals surface area contributed by atoms with Gasteiger partial charge in [-0.05, 0) is 6.20 Å². The summed E-state index contributed by atoms with van der Waals surface area (Å²) in [4.78, 5) is 3.99. The van der Waals surface area contributed by atoms with Crippen molar-refractivity contribution in [3.63, 3.8) is 0 Å². The molecule has 0 aliphatic carbocycles. The van der Waals surface area contributed by atoms with E-state index in [-0.39, 0.29) is 31.3 Å². The molecule has 0 spiro atoms. The molecule has 1 aromatic carbocycles. The first-order valence-electron chi connectivity index (χ1n) is 3.43. The molecule has 0 bridgehead atoms. The quantitative estimate of drug-likeness (QED) is 0.275. The number of halogens is 2. The number of hydrogen-bond donors (Lipinski definition) is 0.